The number of hydrogen-bond donors (Lipinski definition) is 1. The first-order chi connectivity index (χ1) is 12.8. The molecule has 27 heavy (non-hydrogen) atoms. The lowest BCUT2D eigenvalue weighted by molar-refractivity contribution is -0.123. The van der Waals surface area contributed by atoms with Crippen molar-refractivity contribution in [3.63, 3.8) is 0 Å². The summed E-state index contributed by atoms with van der Waals surface area (Å²) in [6.07, 6.45) is 2.29. The number of Topliss-reactive ketones (excluding diaryl/α,β-unsaturated/α-hetero) is 1. The Morgan fingerprint density at radius 2 is 1.93 bits per heavy atom. The first-order valence-corrected chi connectivity index (χ1v) is 8.42. The number of hydrogen-bond acceptors (Lipinski definition) is 5. The molecule has 138 valence electrons. The van der Waals surface area contributed by atoms with Crippen molar-refractivity contribution in [2.75, 3.05) is 5.32 Å². The molecule has 0 radical (unpaired) electrons. The van der Waals surface area contributed by atoms with Crippen molar-refractivity contribution in [2.45, 2.75) is 26.9 Å². The molecule has 0 aliphatic heterocycles. The maximum absolute atomic E-state index is 12.3. The molecule has 0 saturated carbocycles. The maximum atomic E-state index is 12.3. The average molecular weight is 365 g/mol. The normalized spacial score (nSPS) is 11.8. The van der Waals surface area contributed by atoms with Gasteiger partial charge in [0.15, 0.2) is 17.6 Å². The van der Waals surface area contributed by atoms with E-state index >= 15 is 0 Å². The fourth-order valence-corrected chi connectivity index (χ4v) is 2.59. The molecule has 0 aliphatic rings. The average Bonchev–Trinajstić information content (AvgIpc) is 3.05. The molecule has 1 aromatic carbocycles. The SMILES string of the molecule is CC(=O)c1ccccc1NC(=O)[C@@H](C)OC(=O)c1cn2ccc(C)cc2n1. The number of aryl methyl sites for hydroxylation is 1. The van der Waals surface area contributed by atoms with Crippen molar-refractivity contribution in [3.8, 4) is 0 Å². The number of ketones is 1. The van der Waals surface area contributed by atoms with Crippen LogP contribution in [0.25, 0.3) is 5.65 Å². The number of benzene rings is 1. The Balaban J connectivity index is 1.70. The van der Waals surface area contributed by atoms with Gasteiger partial charge in [0.05, 0.1) is 5.69 Å². The molecule has 1 atom stereocenters. The maximum Gasteiger partial charge on any atom is 0.359 e. The highest BCUT2D eigenvalue weighted by Crippen LogP contribution is 2.16. The zero-order valence-electron chi connectivity index (χ0n) is 15.2. The molecule has 2 aromatic heterocycles. The molecular weight excluding hydrogens is 346 g/mol. The monoisotopic (exact) mass is 365 g/mol. The first kappa shape index (κ1) is 18.3. The molecule has 0 bridgehead atoms. The highest BCUT2D eigenvalue weighted by atomic mass is 16.5. The third kappa shape index (κ3) is 4.03. The Morgan fingerprint density at radius 1 is 1.19 bits per heavy atom. The molecule has 2 heterocycles. The summed E-state index contributed by atoms with van der Waals surface area (Å²) in [6, 6.07) is 10.4. The molecule has 0 spiro atoms. The number of amides is 1. The van der Waals surface area contributed by atoms with Crippen molar-refractivity contribution >= 4 is 29.0 Å². The van der Waals surface area contributed by atoms with Crippen LogP contribution in [0, 0.1) is 6.92 Å². The van der Waals surface area contributed by atoms with Crippen LogP contribution in [-0.4, -0.2) is 33.1 Å². The van der Waals surface area contributed by atoms with Gasteiger partial charge in [-0.05, 0) is 50.6 Å². The summed E-state index contributed by atoms with van der Waals surface area (Å²) in [7, 11) is 0. The zero-order valence-corrected chi connectivity index (χ0v) is 15.2. The number of fused-ring (bicyclic) bond motifs is 1. The second-order valence-electron chi connectivity index (χ2n) is 6.23. The van der Waals surface area contributed by atoms with Crippen LogP contribution >= 0.6 is 0 Å². The van der Waals surface area contributed by atoms with Gasteiger partial charge in [0.25, 0.3) is 5.91 Å². The molecule has 0 unspecified atom stereocenters. The van der Waals surface area contributed by atoms with Crippen molar-refractivity contribution in [3.05, 3.63) is 65.6 Å². The summed E-state index contributed by atoms with van der Waals surface area (Å²) < 4.78 is 6.92. The van der Waals surface area contributed by atoms with Crippen molar-refractivity contribution in [2.24, 2.45) is 0 Å². The van der Waals surface area contributed by atoms with Gasteiger partial charge in [-0.25, -0.2) is 9.78 Å². The van der Waals surface area contributed by atoms with Crippen molar-refractivity contribution < 1.29 is 19.1 Å². The number of para-hydroxylation sites is 1. The van der Waals surface area contributed by atoms with Crippen LogP contribution in [0.5, 0.6) is 0 Å². The Hall–Kier alpha value is -3.48. The number of esters is 1. The van der Waals surface area contributed by atoms with Gasteiger partial charge in [-0.1, -0.05) is 12.1 Å². The predicted octanol–water partition coefficient (Wildman–Crippen LogP) is 3.03. The van der Waals surface area contributed by atoms with Crippen LogP contribution < -0.4 is 5.32 Å². The molecule has 1 N–H and O–H groups in total. The van der Waals surface area contributed by atoms with Crippen LogP contribution in [0.4, 0.5) is 5.69 Å². The Bertz CT molecular complexity index is 1040. The third-order valence-electron chi connectivity index (χ3n) is 4.04. The lowest BCUT2D eigenvalue weighted by Crippen LogP contribution is -2.30. The van der Waals surface area contributed by atoms with E-state index in [0.717, 1.165) is 5.56 Å². The van der Waals surface area contributed by atoms with Gasteiger partial charge in [-0.15, -0.1) is 0 Å². The fourth-order valence-electron chi connectivity index (χ4n) is 2.59. The molecule has 1 amide bonds. The van der Waals surface area contributed by atoms with Crippen LogP contribution in [0.15, 0.2) is 48.8 Å². The molecule has 0 fully saturated rings. The molecule has 3 rings (SSSR count). The van der Waals surface area contributed by atoms with E-state index < -0.39 is 18.0 Å². The number of nitrogens with one attached hydrogen (secondary N) is 1. The molecule has 7 nitrogen and oxygen atoms in total. The standard InChI is InChI=1S/C20H19N3O4/c1-12-8-9-23-11-17(21-18(23)10-12)20(26)27-14(3)19(25)22-16-7-5-4-6-15(16)13(2)24/h4-11,14H,1-3H3,(H,22,25)/t14-/m1/s1. The molecule has 0 saturated heterocycles. The minimum Gasteiger partial charge on any atom is -0.448 e. The second kappa shape index (κ2) is 7.41. The number of ether oxygens (including phenoxy) is 1. The van der Waals surface area contributed by atoms with Gasteiger partial charge in [0.2, 0.25) is 0 Å². The van der Waals surface area contributed by atoms with Crippen molar-refractivity contribution in [1.29, 1.82) is 0 Å². The lowest BCUT2D eigenvalue weighted by atomic mass is 10.1. The minimum atomic E-state index is -1.05. The van der Waals surface area contributed by atoms with Gasteiger partial charge in [0, 0.05) is 18.0 Å². The summed E-state index contributed by atoms with van der Waals surface area (Å²) in [5.74, 6) is -1.40. The highest BCUT2D eigenvalue weighted by Gasteiger charge is 2.22. The van der Waals surface area contributed by atoms with Crippen LogP contribution in [-0.2, 0) is 9.53 Å². The largest absolute Gasteiger partial charge is 0.448 e. The summed E-state index contributed by atoms with van der Waals surface area (Å²) in [5, 5.41) is 2.62. The summed E-state index contributed by atoms with van der Waals surface area (Å²) in [6.45, 7) is 4.81. The number of aromatic nitrogens is 2. The summed E-state index contributed by atoms with van der Waals surface area (Å²) in [5.41, 5.74) is 2.52. The topological polar surface area (TPSA) is 89.8 Å². The number of nitrogens with zero attached hydrogens (tertiary/aromatic N) is 2. The molecular formula is C20H19N3O4. The fraction of sp³-hybridized carbons (Fsp3) is 0.200. The van der Waals surface area contributed by atoms with Crippen molar-refractivity contribution in [1.82, 2.24) is 9.38 Å². The zero-order chi connectivity index (χ0) is 19.6. The van der Waals surface area contributed by atoms with E-state index in [1.165, 1.54) is 13.8 Å². The van der Waals surface area contributed by atoms with E-state index in [1.807, 2.05) is 19.1 Å². The Kier molecular flexibility index (Phi) is 5.03. The molecule has 0 aliphatic carbocycles. The quantitative estimate of drug-likeness (QED) is 0.554. The minimum absolute atomic E-state index is 0.115. The number of pyridine rings is 1. The second-order valence-corrected chi connectivity index (χ2v) is 6.23. The van der Waals surface area contributed by atoms with E-state index in [-0.39, 0.29) is 11.5 Å². The summed E-state index contributed by atoms with van der Waals surface area (Å²) in [4.78, 5) is 40.5. The van der Waals surface area contributed by atoms with Gasteiger partial charge in [-0.3, -0.25) is 9.59 Å². The highest BCUT2D eigenvalue weighted by molar-refractivity contribution is 6.05. The van der Waals surface area contributed by atoms with Gasteiger partial charge >= 0.3 is 5.97 Å². The van der Waals surface area contributed by atoms with E-state index in [1.54, 1.807) is 41.1 Å². The number of imidazole rings is 1. The number of rotatable bonds is 5. The Labute approximate surface area is 156 Å². The number of anilines is 1. The number of carbonyl (C=O) groups is 3. The van der Waals surface area contributed by atoms with E-state index in [2.05, 4.69) is 10.3 Å². The summed E-state index contributed by atoms with van der Waals surface area (Å²) >= 11 is 0. The predicted molar refractivity (Wildman–Crippen MR) is 99.9 cm³/mol. The number of carbonyl (C=O) groups excluding carboxylic acids is 3. The van der Waals surface area contributed by atoms with E-state index in [9.17, 15) is 14.4 Å². The van der Waals surface area contributed by atoms with Crippen LogP contribution in [0.3, 0.4) is 0 Å². The van der Waals surface area contributed by atoms with Gasteiger partial charge < -0.3 is 14.5 Å². The molecule has 7 heteroatoms. The van der Waals surface area contributed by atoms with Gasteiger partial charge in [0.1, 0.15) is 5.65 Å². The smallest absolute Gasteiger partial charge is 0.359 e. The third-order valence-corrected chi connectivity index (χ3v) is 4.04. The van der Waals surface area contributed by atoms with Crippen LogP contribution in [0.2, 0.25) is 0 Å². The lowest BCUT2D eigenvalue weighted by Gasteiger charge is -2.14. The van der Waals surface area contributed by atoms with E-state index in [4.69, 9.17) is 4.74 Å². The van der Waals surface area contributed by atoms with E-state index in [0.29, 0.717) is 16.9 Å². The Morgan fingerprint density at radius 3 is 2.67 bits per heavy atom. The first-order valence-electron chi connectivity index (χ1n) is 8.42. The van der Waals surface area contributed by atoms with Crippen LogP contribution in [0.1, 0.15) is 40.3 Å². The van der Waals surface area contributed by atoms with Gasteiger partial charge in [-0.2, -0.15) is 0 Å². The molecule has 3 aromatic rings.